The number of aliphatic hydroxyl groups is 4. The van der Waals surface area contributed by atoms with Crippen LogP contribution < -0.4 is 0 Å². The first kappa shape index (κ1) is 46.2. The standard InChI is InChI=1S/C41H72O9/c1-3-5-7-8-9-10-11-12-13-14-15-16-17-18-19-20-21-22-23-24-25-26-27-29-31-47-33-35(49-37(43)30-28-6-4-2)34-48-41-40(46)39(45)38(44)36(32-42)50-41/h5,7,9-10,12-13,15-16,35-36,38-42,44-46H,3-4,6,8,11,14,17-34H2,1-2H3/b7-5-,10-9-,13-12-,16-15-. The summed E-state index contributed by atoms with van der Waals surface area (Å²) in [5.74, 6) is -0.341. The van der Waals surface area contributed by atoms with Gasteiger partial charge in [-0.05, 0) is 51.4 Å². The Morgan fingerprint density at radius 2 is 1.22 bits per heavy atom. The Morgan fingerprint density at radius 1 is 0.660 bits per heavy atom. The molecule has 1 saturated heterocycles. The van der Waals surface area contributed by atoms with E-state index in [2.05, 4.69) is 62.5 Å². The number of hydrogen-bond acceptors (Lipinski definition) is 9. The molecule has 0 saturated carbocycles. The lowest BCUT2D eigenvalue weighted by atomic mass is 9.99. The number of carbonyl (C=O) groups excluding carboxylic acids is 1. The van der Waals surface area contributed by atoms with Crippen LogP contribution in [0.25, 0.3) is 0 Å². The average Bonchev–Trinajstić information content (AvgIpc) is 3.11. The average molecular weight is 709 g/mol. The van der Waals surface area contributed by atoms with E-state index in [0.29, 0.717) is 13.0 Å². The minimum atomic E-state index is -1.53. The molecule has 290 valence electrons. The molecule has 1 aliphatic rings. The van der Waals surface area contributed by atoms with E-state index in [1.54, 1.807) is 0 Å². The number of rotatable bonds is 32. The number of aliphatic hydroxyl groups excluding tert-OH is 4. The predicted molar refractivity (Wildman–Crippen MR) is 201 cm³/mol. The van der Waals surface area contributed by atoms with Crippen LogP contribution in [0.15, 0.2) is 48.6 Å². The highest BCUT2D eigenvalue weighted by molar-refractivity contribution is 5.69. The highest BCUT2D eigenvalue weighted by Gasteiger charge is 2.44. The van der Waals surface area contributed by atoms with E-state index in [1.165, 1.54) is 64.2 Å². The second-order valence-electron chi connectivity index (χ2n) is 13.4. The summed E-state index contributed by atoms with van der Waals surface area (Å²) in [6.07, 6.45) is 32.3. The van der Waals surface area contributed by atoms with Gasteiger partial charge >= 0.3 is 5.97 Å². The molecule has 50 heavy (non-hydrogen) atoms. The maximum atomic E-state index is 12.4. The Balaban J connectivity index is 2.08. The third kappa shape index (κ3) is 24.4. The molecule has 1 fully saturated rings. The van der Waals surface area contributed by atoms with E-state index >= 15 is 0 Å². The van der Waals surface area contributed by atoms with Gasteiger partial charge in [-0.25, -0.2) is 0 Å². The zero-order valence-corrected chi connectivity index (χ0v) is 31.4. The number of carbonyl (C=O) groups is 1. The first-order chi connectivity index (χ1) is 24.4. The van der Waals surface area contributed by atoms with E-state index in [9.17, 15) is 25.2 Å². The van der Waals surface area contributed by atoms with Gasteiger partial charge in [-0.15, -0.1) is 0 Å². The van der Waals surface area contributed by atoms with E-state index in [0.717, 1.165) is 57.8 Å². The second-order valence-corrected chi connectivity index (χ2v) is 13.4. The summed E-state index contributed by atoms with van der Waals surface area (Å²) in [4.78, 5) is 12.4. The summed E-state index contributed by atoms with van der Waals surface area (Å²) >= 11 is 0. The zero-order chi connectivity index (χ0) is 36.5. The Morgan fingerprint density at radius 3 is 1.80 bits per heavy atom. The Hall–Kier alpha value is -1.85. The number of esters is 1. The van der Waals surface area contributed by atoms with Gasteiger partial charge in [-0.2, -0.15) is 0 Å². The van der Waals surface area contributed by atoms with Crippen LogP contribution in [0.1, 0.15) is 142 Å². The quantitative estimate of drug-likeness (QED) is 0.0314. The van der Waals surface area contributed by atoms with Crippen molar-refractivity contribution in [3.8, 4) is 0 Å². The predicted octanol–water partition coefficient (Wildman–Crippen LogP) is 7.80. The maximum Gasteiger partial charge on any atom is 0.306 e. The number of allylic oxidation sites excluding steroid dienone is 8. The summed E-state index contributed by atoms with van der Waals surface area (Å²) in [6.45, 7) is 4.25. The van der Waals surface area contributed by atoms with Crippen LogP contribution in [-0.4, -0.2) is 89.6 Å². The van der Waals surface area contributed by atoms with Gasteiger partial charge in [-0.3, -0.25) is 4.79 Å². The van der Waals surface area contributed by atoms with Crippen LogP contribution in [0, 0.1) is 0 Å². The van der Waals surface area contributed by atoms with Crippen molar-refractivity contribution in [2.45, 2.75) is 179 Å². The number of hydrogen-bond donors (Lipinski definition) is 4. The second kappa shape index (κ2) is 33.0. The monoisotopic (exact) mass is 709 g/mol. The molecule has 1 rings (SSSR count). The van der Waals surface area contributed by atoms with Gasteiger partial charge in [0.25, 0.3) is 0 Å². The van der Waals surface area contributed by atoms with Crippen LogP contribution in [0.2, 0.25) is 0 Å². The molecule has 9 heteroatoms. The maximum absolute atomic E-state index is 12.4. The lowest BCUT2D eigenvalue weighted by molar-refractivity contribution is -0.305. The van der Waals surface area contributed by atoms with Crippen molar-refractivity contribution in [1.29, 1.82) is 0 Å². The molecule has 0 aromatic carbocycles. The highest BCUT2D eigenvalue weighted by Crippen LogP contribution is 2.22. The van der Waals surface area contributed by atoms with Crippen LogP contribution in [0.4, 0.5) is 0 Å². The Kier molecular flexibility index (Phi) is 30.5. The van der Waals surface area contributed by atoms with Crippen molar-refractivity contribution >= 4 is 5.97 Å². The summed E-state index contributed by atoms with van der Waals surface area (Å²) in [5, 5.41) is 39.7. The molecule has 6 atom stereocenters. The SMILES string of the molecule is CC/C=C\C/C=C\C/C=C\C/C=C\CCCCCCCCCCCCCOCC(COC1OC(CO)C(O)C(O)C1O)OC(=O)CCCCC. The first-order valence-electron chi connectivity index (χ1n) is 19.7. The third-order valence-electron chi connectivity index (χ3n) is 8.76. The fourth-order valence-electron chi connectivity index (χ4n) is 5.66. The van der Waals surface area contributed by atoms with Crippen LogP contribution in [0.5, 0.6) is 0 Å². The molecule has 4 N–H and O–H groups in total. The molecule has 0 aliphatic carbocycles. The van der Waals surface area contributed by atoms with Crippen molar-refractivity contribution in [2.75, 3.05) is 26.4 Å². The zero-order valence-electron chi connectivity index (χ0n) is 31.4. The molecule has 0 aromatic heterocycles. The minimum Gasteiger partial charge on any atom is -0.457 e. The summed E-state index contributed by atoms with van der Waals surface area (Å²) in [6, 6.07) is 0. The molecule has 0 radical (unpaired) electrons. The van der Waals surface area contributed by atoms with Crippen LogP contribution in [-0.2, 0) is 23.7 Å². The minimum absolute atomic E-state index is 0.118. The lowest BCUT2D eigenvalue weighted by Crippen LogP contribution is -2.59. The van der Waals surface area contributed by atoms with E-state index in [4.69, 9.17) is 18.9 Å². The molecule has 0 bridgehead atoms. The van der Waals surface area contributed by atoms with Gasteiger partial charge in [0.1, 0.15) is 30.5 Å². The van der Waals surface area contributed by atoms with Gasteiger partial charge in [-0.1, -0.05) is 133 Å². The smallest absolute Gasteiger partial charge is 0.306 e. The molecule has 1 heterocycles. The van der Waals surface area contributed by atoms with Gasteiger partial charge in [0.15, 0.2) is 6.29 Å². The Bertz CT molecular complexity index is 900. The van der Waals surface area contributed by atoms with Crippen molar-refractivity contribution in [1.82, 2.24) is 0 Å². The topological polar surface area (TPSA) is 135 Å². The summed E-state index contributed by atoms with van der Waals surface area (Å²) in [7, 11) is 0. The van der Waals surface area contributed by atoms with Crippen molar-refractivity contribution in [2.24, 2.45) is 0 Å². The van der Waals surface area contributed by atoms with Gasteiger partial charge in [0, 0.05) is 13.0 Å². The third-order valence-corrected chi connectivity index (χ3v) is 8.76. The van der Waals surface area contributed by atoms with E-state index < -0.39 is 43.4 Å². The molecule has 0 spiro atoms. The first-order valence-corrected chi connectivity index (χ1v) is 19.7. The number of ether oxygens (including phenoxy) is 4. The summed E-state index contributed by atoms with van der Waals surface area (Å²) < 4.78 is 22.4. The molecule has 1 aliphatic heterocycles. The Labute approximate surface area is 303 Å². The largest absolute Gasteiger partial charge is 0.457 e. The molecule has 6 unspecified atom stereocenters. The van der Waals surface area contributed by atoms with Crippen molar-refractivity contribution < 1.29 is 44.2 Å². The van der Waals surface area contributed by atoms with Gasteiger partial charge in [0.2, 0.25) is 0 Å². The molecule has 9 nitrogen and oxygen atoms in total. The lowest BCUT2D eigenvalue weighted by Gasteiger charge is -2.39. The normalized spacial score (nSPS) is 22.1. The van der Waals surface area contributed by atoms with Crippen LogP contribution >= 0.6 is 0 Å². The molecular formula is C41H72O9. The highest BCUT2D eigenvalue weighted by atomic mass is 16.7. The summed E-state index contributed by atoms with van der Waals surface area (Å²) in [5.41, 5.74) is 0. The fraction of sp³-hybridized carbons (Fsp3) is 0.780. The van der Waals surface area contributed by atoms with Gasteiger partial charge in [0.05, 0.1) is 19.8 Å². The molecular weight excluding hydrogens is 636 g/mol. The number of unbranched alkanes of at least 4 members (excludes halogenated alkanes) is 13. The molecule has 0 aromatic rings. The fourth-order valence-corrected chi connectivity index (χ4v) is 5.66. The molecule has 0 amide bonds. The van der Waals surface area contributed by atoms with E-state index in [1.807, 2.05) is 0 Å². The van der Waals surface area contributed by atoms with E-state index in [-0.39, 0.29) is 19.2 Å². The van der Waals surface area contributed by atoms with Crippen LogP contribution in [0.3, 0.4) is 0 Å². The van der Waals surface area contributed by atoms with Crippen molar-refractivity contribution in [3.05, 3.63) is 48.6 Å². The van der Waals surface area contributed by atoms with Gasteiger partial charge < -0.3 is 39.4 Å². The van der Waals surface area contributed by atoms with Crippen molar-refractivity contribution in [3.63, 3.8) is 0 Å².